The number of amides is 2. The van der Waals surface area contributed by atoms with Crippen molar-refractivity contribution < 1.29 is 4.79 Å². The Bertz CT molecular complexity index is 562. The molecule has 1 aromatic carbocycles. The molecule has 2 amide bonds. The molecule has 0 aromatic heterocycles. The van der Waals surface area contributed by atoms with Gasteiger partial charge in [0.2, 0.25) is 0 Å². The minimum absolute atomic E-state index is 0.0885. The van der Waals surface area contributed by atoms with Crippen LogP contribution in [0.2, 0.25) is 0 Å². The summed E-state index contributed by atoms with van der Waals surface area (Å²) >= 11 is 0. The van der Waals surface area contributed by atoms with Crippen molar-refractivity contribution in [2.45, 2.75) is 38.5 Å². The van der Waals surface area contributed by atoms with E-state index in [1.54, 1.807) is 5.57 Å². The molecule has 1 aliphatic heterocycles. The van der Waals surface area contributed by atoms with Crippen molar-refractivity contribution >= 4 is 6.03 Å². The van der Waals surface area contributed by atoms with Gasteiger partial charge in [-0.1, -0.05) is 42.0 Å². The van der Waals surface area contributed by atoms with Crippen LogP contribution in [-0.4, -0.2) is 55.1 Å². The van der Waals surface area contributed by atoms with Gasteiger partial charge in [-0.2, -0.15) is 0 Å². The lowest BCUT2D eigenvalue weighted by atomic mass is 9.97. The zero-order chi connectivity index (χ0) is 17.3. The molecule has 136 valence electrons. The van der Waals surface area contributed by atoms with Crippen molar-refractivity contribution in [2.75, 3.05) is 39.3 Å². The molecule has 3 rings (SSSR count). The van der Waals surface area contributed by atoms with Gasteiger partial charge in [-0.25, -0.2) is 4.79 Å². The lowest BCUT2D eigenvalue weighted by Crippen LogP contribution is -2.52. The summed E-state index contributed by atoms with van der Waals surface area (Å²) in [5.74, 6) is 0. The second-order valence-corrected chi connectivity index (χ2v) is 7.15. The molecule has 1 saturated heterocycles. The highest BCUT2D eigenvalue weighted by Crippen LogP contribution is 2.20. The number of nitrogens with one attached hydrogen (secondary N) is 1. The fourth-order valence-corrected chi connectivity index (χ4v) is 3.68. The van der Waals surface area contributed by atoms with Crippen molar-refractivity contribution in [1.29, 1.82) is 0 Å². The van der Waals surface area contributed by atoms with Crippen molar-refractivity contribution in [3.05, 3.63) is 47.5 Å². The third-order valence-corrected chi connectivity index (χ3v) is 5.33. The van der Waals surface area contributed by atoms with Gasteiger partial charge in [-0.3, -0.25) is 4.90 Å². The van der Waals surface area contributed by atoms with Crippen LogP contribution < -0.4 is 5.32 Å². The summed E-state index contributed by atoms with van der Waals surface area (Å²) < 4.78 is 0. The Balaban J connectivity index is 1.31. The Morgan fingerprint density at radius 3 is 2.52 bits per heavy atom. The van der Waals surface area contributed by atoms with Crippen LogP contribution in [0.5, 0.6) is 0 Å². The topological polar surface area (TPSA) is 35.6 Å². The molecule has 1 aliphatic carbocycles. The first kappa shape index (κ1) is 18.0. The van der Waals surface area contributed by atoms with E-state index in [0.717, 1.165) is 39.1 Å². The van der Waals surface area contributed by atoms with Crippen molar-refractivity contribution in [3.8, 4) is 0 Å². The number of hydrogen-bond acceptors (Lipinski definition) is 2. The summed E-state index contributed by atoms with van der Waals surface area (Å²) in [6.07, 6.45) is 9.84. The molecule has 25 heavy (non-hydrogen) atoms. The van der Waals surface area contributed by atoms with Gasteiger partial charge in [0.25, 0.3) is 0 Å². The molecule has 1 heterocycles. The number of piperazine rings is 1. The number of nitrogens with zero attached hydrogens (tertiary/aromatic N) is 2. The van der Waals surface area contributed by atoms with Crippen LogP contribution in [0.25, 0.3) is 0 Å². The van der Waals surface area contributed by atoms with Crippen LogP contribution in [-0.2, 0) is 6.42 Å². The number of urea groups is 1. The fourth-order valence-electron chi connectivity index (χ4n) is 3.68. The fraction of sp³-hybridized carbons (Fsp3) is 0.571. The molecule has 4 nitrogen and oxygen atoms in total. The highest BCUT2D eigenvalue weighted by molar-refractivity contribution is 5.74. The second-order valence-electron chi connectivity index (χ2n) is 7.15. The van der Waals surface area contributed by atoms with E-state index >= 15 is 0 Å². The molecular formula is C21H31N3O. The average Bonchev–Trinajstić information content (AvgIpc) is 2.68. The van der Waals surface area contributed by atoms with E-state index in [2.05, 4.69) is 28.4 Å². The molecule has 0 bridgehead atoms. The zero-order valence-electron chi connectivity index (χ0n) is 15.3. The number of rotatable bonds is 6. The molecule has 0 unspecified atom stereocenters. The normalized spacial score (nSPS) is 18.7. The third-order valence-electron chi connectivity index (χ3n) is 5.33. The molecule has 4 heteroatoms. The van der Waals surface area contributed by atoms with Crippen LogP contribution in [0.3, 0.4) is 0 Å². The van der Waals surface area contributed by atoms with Crippen LogP contribution in [0.4, 0.5) is 4.79 Å². The number of hydrogen-bond donors (Lipinski definition) is 1. The summed E-state index contributed by atoms with van der Waals surface area (Å²) in [4.78, 5) is 16.8. The monoisotopic (exact) mass is 341 g/mol. The van der Waals surface area contributed by atoms with E-state index in [1.807, 2.05) is 23.1 Å². The van der Waals surface area contributed by atoms with Crippen molar-refractivity contribution in [2.24, 2.45) is 0 Å². The summed E-state index contributed by atoms with van der Waals surface area (Å²) in [6, 6.07) is 10.4. The zero-order valence-corrected chi connectivity index (χ0v) is 15.3. The smallest absolute Gasteiger partial charge is 0.317 e. The summed E-state index contributed by atoms with van der Waals surface area (Å²) in [5.41, 5.74) is 2.91. The van der Waals surface area contributed by atoms with Gasteiger partial charge in [0.05, 0.1) is 0 Å². The Labute approximate surface area is 151 Å². The number of allylic oxidation sites excluding steroid dienone is 1. The lowest BCUT2D eigenvalue weighted by molar-refractivity contribution is 0.140. The van der Waals surface area contributed by atoms with Crippen molar-refractivity contribution in [3.63, 3.8) is 0 Å². The Hall–Kier alpha value is -1.81. The predicted octanol–water partition coefficient (Wildman–Crippen LogP) is 3.45. The minimum Gasteiger partial charge on any atom is -0.338 e. The van der Waals surface area contributed by atoms with E-state index < -0.39 is 0 Å². The first-order valence-electron chi connectivity index (χ1n) is 9.78. The lowest BCUT2D eigenvalue weighted by Gasteiger charge is -2.35. The SMILES string of the molecule is O=C(NCCc1ccccc1)N1CCN(CCC2=CCCCC2)CC1. The predicted molar refractivity (Wildman–Crippen MR) is 103 cm³/mol. The molecular weight excluding hydrogens is 310 g/mol. The molecule has 0 radical (unpaired) electrons. The first-order chi connectivity index (χ1) is 12.3. The molecule has 2 aliphatic rings. The standard InChI is InChI=1S/C21H31N3O/c25-21(22-13-11-19-7-3-1-4-8-19)24-17-15-23(16-18-24)14-12-20-9-5-2-6-10-20/h1,3-4,7-9H,2,5-6,10-18H2,(H,22,25). The number of carbonyl (C=O) groups excluding carboxylic acids is 1. The van der Waals surface area contributed by atoms with Gasteiger partial charge in [-0.15, -0.1) is 0 Å². The highest BCUT2D eigenvalue weighted by atomic mass is 16.2. The maximum Gasteiger partial charge on any atom is 0.317 e. The minimum atomic E-state index is 0.0885. The molecule has 0 saturated carbocycles. The van der Waals surface area contributed by atoms with Gasteiger partial charge < -0.3 is 10.2 Å². The first-order valence-corrected chi connectivity index (χ1v) is 9.78. The van der Waals surface area contributed by atoms with E-state index in [0.29, 0.717) is 6.54 Å². The van der Waals surface area contributed by atoms with E-state index in [-0.39, 0.29) is 6.03 Å². The van der Waals surface area contributed by atoms with Crippen LogP contribution in [0, 0.1) is 0 Å². The van der Waals surface area contributed by atoms with Crippen LogP contribution >= 0.6 is 0 Å². The number of carbonyl (C=O) groups is 1. The van der Waals surface area contributed by atoms with Gasteiger partial charge in [-0.05, 0) is 44.1 Å². The van der Waals surface area contributed by atoms with E-state index in [1.165, 1.54) is 37.7 Å². The Kier molecular flexibility index (Phi) is 6.92. The summed E-state index contributed by atoms with van der Waals surface area (Å²) in [5, 5.41) is 3.06. The highest BCUT2D eigenvalue weighted by Gasteiger charge is 2.20. The van der Waals surface area contributed by atoms with E-state index in [4.69, 9.17) is 0 Å². The van der Waals surface area contributed by atoms with Crippen molar-refractivity contribution in [1.82, 2.24) is 15.1 Å². The summed E-state index contributed by atoms with van der Waals surface area (Å²) in [7, 11) is 0. The quantitative estimate of drug-likeness (QED) is 0.805. The van der Waals surface area contributed by atoms with Gasteiger partial charge in [0, 0.05) is 39.3 Å². The molecule has 0 atom stereocenters. The van der Waals surface area contributed by atoms with Crippen LogP contribution in [0.15, 0.2) is 42.0 Å². The third kappa shape index (κ3) is 5.89. The number of benzene rings is 1. The Morgan fingerprint density at radius 2 is 1.80 bits per heavy atom. The Morgan fingerprint density at radius 1 is 1.00 bits per heavy atom. The maximum absolute atomic E-state index is 12.3. The van der Waals surface area contributed by atoms with Gasteiger partial charge in [0.1, 0.15) is 0 Å². The molecule has 1 aromatic rings. The van der Waals surface area contributed by atoms with Gasteiger partial charge in [0.15, 0.2) is 0 Å². The van der Waals surface area contributed by atoms with Gasteiger partial charge >= 0.3 is 6.03 Å². The molecule has 1 N–H and O–H groups in total. The van der Waals surface area contributed by atoms with Crippen LogP contribution in [0.1, 0.15) is 37.7 Å². The summed E-state index contributed by atoms with van der Waals surface area (Å²) in [6.45, 7) is 5.54. The second kappa shape index (κ2) is 9.62. The largest absolute Gasteiger partial charge is 0.338 e. The average molecular weight is 341 g/mol. The molecule has 1 fully saturated rings. The molecule has 0 spiro atoms. The maximum atomic E-state index is 12.3. The van der Waals surface area contributed by atoms with E-state index in [9.17, 15) is 4.79 Å².